The molecule has 0 radical (unpaired) electrons. The lowest BCUT2D eigenvalue weighted by molar-refractivity contribution is -0.119. The summed E-state index contributed by atoms with van der Waals surface area (Å²) in [5, 5.41) is 0. The Bertz CT molecular complexity index is 847. The number of nitrogens with two attached hydrogens (primary N) is 1. The Hall–Kier alpha value is -2.38. The van der Waals surface area contributed by atoms with E-state index >= 15 is 0 Å². The van der Waals surface area contributed by atoms with E-state index in [1.54, 1.807) is 0 Å². The summed E-state index contributed by atoms with van der Waals surface area (Å²) in [6, 6.07) is 13.9. The fourth-order valence-corrected chi connectivity index (χ4v) is 4.11. The van der Waals surface area contributed by atoms with E-state index in [1.165, 1.54) is 34.1 Å². The molecule has 1 aliphatic rings. The number of hydrogen-bond donors (Lipinski definition) is 1. The Morgan fingerprint density at radius 1 is 1.08 bits per heavy atom. The fraction of sp³-hybridized carbons (Fsp3) is 0.235. The number of carbonyl (C=O) groups excluding carboxylic acids is 1. The molecule has 0 unspecified atom stereocenters. The average molecular weight is 346 g/mol. The first kappa shape index (κ1) is 16.5. The number of ether oxygens (including phenoxy) is 1. The van der Waals surface area contributed by atoms with Crippen LogP contribution in [0.2, 0.25) is 0 Å². The van der Waals surface area contributed by atoms with E-state index in [0.29, 0.717) is 25.3 Å². The SMILES string of the molecule is NC(=O)COc1ccc(S(=O)(=O)N2CCc3ccccc3C2)cc1. The highest BCUT2D eigenvalue weighted by atomic mass is 32.2. The molecule has 126 valence electrons. The Balaban J connectivity index is 1.77. The monoisotopic (exact) mass is 346 g/mol. The van der Waals surface area contributed by atoms with Gasteiger partial charge in [-0.1, -0.05) is 24.3 Å². The molecule has 0 atom stereocenters. The van der Waals surface area contributed by atoms with Crippen molar-refractivity contribution in [3.8, 4) is 5.75 Å². The molecule has 2 N–H and O–H groups in total. The van der Waals surface area contributed by atoms with E-state index < -0.39 is 15.9 Å². The topological polar surface area (TPSA) is 89.7 Å². The molecule has 7 heteroatoms. The van der Waals surface area contributed by atoms with Gasteiger partial charge in [-0.05, 0) is 41.8 Å². The zero-order chi connectivity index (χ0) is 17.2. The molecule has 3 rings (SSSR count). The van der Waals surface area contributed by atoms with Crippen molar-refractivity contribution >= 4 is 15.9 Å². The van der Waals surface area contributed by atoms with Crippen LogP contribution >= 0.6 is 0 Å². The second-order valence-corrected chi connectivity index (χ2v) is 7.52. The average Bonchev–Trinajstić information content (AvgIpc) is 2.60. The van der Waals surface area contributed by atoms with Crippen LogP contribution < -0.4 is 10.5 Å². The van der Waals surface area contributed by atoms with Gasteiger partial charge < -0.3 is 10.5 Å². The zero-order valence-corrected chi connectivity index (χ0v) is 13.8. The Kier molecular flexibility index (Phi) is 4.55. The molecule has 0 saturated carbocycles. The van der Waals surface area contributed by atoms with Gasteiger partial charge in [0.15, 0.2) is 6.61 Å². The van der Waals surface area contributed by atoms with E-state index in [1.807, 2.05) is 24.3 Å². The second-order valence-electron chi connectivity index (χ2n) is 5.58. The highest BCUT2D eigenvalue weighted by Crippen LogP contribution is 2.25. The lowest BCUT2D eigenvalue weighted by atomic mass is 10.0. The molecule has 0 saturated heterocycles. The molecule has 0 spiro atoms. The second kappa shape index (κ2) is 6.62. The summed E-state index contributed by atoms with van der Waals surface area (Å²) >= 11 is 0. The number of nitrogens with zero attached hydrogens (tertiary/aromatic N) is 1. The van der Waals surface area contributed by atoms with Crippen LogP contribution in [-0.4, -0.2) is 31.8 Å². The first-order chi connectivity index (χ1) is 11.5. The first-order valence-electron chi connectivity index (χ1n) is 7.55. The highest BCUT2D eigenvalue weighted by molar-refractivity contribution is 7.89. The number of benzene rings is 2. The quantitative estimate of drug-likeness (QED) is 0.883. The zero-order valence-electron chi connectivity index (χ0n) is 13.0. The molecule has 2 aromatic carbocycles. The molecule has 0 aromatic heterocycles. The molecule has 0 aliphatic carbocycles. The molecule has 1 aliphatic heterocycles. The van der Waals surface area contributed by atoms with Crippen molar-refractivity contribution in [2.75, 3.05) is 13.2 Å². The Labute approximate surface area is 140 Å². The minimum absolute atomic E-state index is 0.202. The van der Waals surface area contributed by atoms with Gasteiger partial charge in [-0.25, -0.2) is 8.42 Å². The van der Waals surface area contributed by atoms with Crippen LogP contribution in [0, 0.1) is 0 Å². The molecule has 6 nitrogen and oxygen atoms in total. The van der Waals surface area contributed by atoms with Crippen LogP contribution in [-0.2, 0) is 27.8 Å². The standard InChI is InChI=1S/C17H18N2O4S/c18-17(20)12-23-15-5-7-16(8-6-15)24(21,22)19-10-9-13-3-1-2-4-14(13)11-19/h1-8H,9-12H2,(H2,18,20). The molecular weight excluding hydrogens is 328 g/mol. The van der Waals surface area contributed by atoms with E-state index in [0.717, 1.165) is 5.56 Å². The van der Waals surface area contributed by atoms with Crippen LogP contribution in [0.4, 0.5) is 0 Å². The molecule has 0 bridgehead atoms. The van der Waals surface area contributed by atoms with Crippen molar-refractivity contribution in [1.29, 1.82) is 0 Å². The lowest BCUT2D eigenvalue weighted by Crippen LogP contribution is -2.35. The van der Waals surface area contributed by atoms with Gasteiger partial charge in [0, 0.05) is 13.1 Å². The summed E-state index contributed by atoms with van der Waals surface area (Å²) in [5.74, 6) is -0.185. The van der Waals surface area contributed by atoms with Gasteiger partial charge in [-0.15, -0.1) is 0 Å². The maximum atomic E-state index is 12.8. The van der Waals surface area contributed by atoms with E-state index in [9.17, 15) is 13.2 Å². The predicted octanol–water partition coefficient (Wildman–Crippen LogP) is 1.30. The fourth-order valence-electron chi connectivity index (χ4n) is 2.69. The van der Waals surface area contributed by atoms with Crippen LogP contribution in [0.15, 0.2) is 53.4 Å². The van der Waals surface area contributed by atoms with Crippen molar-refractivity contribution in [2.24, 2.45) is 5.73 Å². The van der Waals surface area contributed by atoms with Crippen LogP contribution in [0.3, 0.4) is 0 Å². The molecule has 2 aromatic rings. The third-order valence-corrected chi connectivity index (χ3v) is 5.80. The van der Waals surface area contributed by atoms with Gasteiger partial charge in [-0.2, -0.15) is 4.31 Å². The maximum Gasteiger partial charge on any atom is 0.255 e. The number of sulfonamides is 1. The summed E-state index contributed by atoms with van der Waals surface area (Å²) < 4.78 is 32.2. The molecule has 1 heterocycles. The van der Waals surface area contributed by atoms with Crippen molar-refractivity contribution in [3.05, 3.63) is 59.7 Å². The van der Waals surface area contributed by atoms with Crippen molar-refractivity contribution < 1.29 is 17.9 Å². The predicted molar refractivity (Wildman–Crippen MR) is 88.9 cm³/mol. The van der Waals surface area contributed by atoms with E-state index in [-0.39, 0.29) is 11.5 Å². The van der Waals surface area contributed by atoms with Gasteiger partial charge in [0.25, 0.3) is 5.91 Å². The van der Waals surface area contributed by atoms with E-state index in [4.69, 9.17) is 10.5 Å². The summed E-state index contributed by atoms with van der Waals surface area (Å²) in [6.45, 7) is 0.590. The minimum atomic E-state index is -3.57. The van der Waals surface area contributed by atoms with Gasteiger partial charge >= 0.3 is 0 Å². The van der Waals surface area contributed by atoms with Crippen molar-refractivity contribution in [1.82, 2.24) is 4.31 Å². The summed E-state index contributed by atoms with van der Waals surface area (Å²) in [6.07, 6.45) is 0.704. The molecule has 1 amide bonds. The summed E-state index contributed by atoms with van der Waals surface area (Å²) in [7, 11) is -3.57. The lowest BCUT2D eigenvalue weighted by Gasteiger charge is -2.28. The number of carbonyl (C=O) groups is 1. The maximum absolute atomic E-state index is 12.8. The summed E-state index contributed by atoms with van der Waals surface area (Å²) in [5.41, 5.74) is 7.24. The Morgan fingerprint density at radius 2 is 1.75 bits per heavy atom. The third-order valence-electron chi connectivity index (χ3n) is 3.94. The van der Waals surface area contributed by atoms with Gasteiger partial charge in [-0.3, -0.25) is 4.79 Å². The summed E-state index contributed by atoms with van der Waals surface area (Å²) in [4.78, 5) is 10.9. The van der Waals surface area contributed by atoms with Crippen molar-refractivity contribution in [3.63, 3.8) is 0 Å². The number of primary amides is 1. The number of rotatable bonds is 5. The molecular formula is C17H18N2O4S. The van der Waals surface area contributed by atoms with Crippen LogP contribution in [0.1, 0.15) is 11.1 Å². The highest BCUT2D eigenvalue weighted by Gasteiger charge is 2.28. The van der Waals surface area contributed by atoms with Gasteiger partial charge in [0.05, 0.1) is 4.90 Å². The minimum Gasteiger partial charge on any atom is -0.484 e. The normalized spacial score (nSPS) is 14.8. The van der Waals surface area contributed by atoms with Crippen molar-refractivity contribution in [2.45, 2.75) is 17.9 Å². The largest absolute Gasteiger partial charge is 0.484 e. The van der Waals surface area contributed by atoms with Gasteiger partial charge in [0.1, 0.15) is 5.75 Å². The molecule has 0 fully saturated rings. The first-order valence-corrected chi connectivity index (χ1v) is 8.99. The van der Waals surface area contributed by atoms with E-state index in [2.05, 4.69) is 0 Å². The van der Waals surface area contributed by atoms with Gasteiger partial charge in [0.2, 0.25) is 10.0 Å². The Morgan fingerprint density at radius 3 is 2.42 bits per heavy atom. The van der Waals surface area contributed by atoms with Crippen LogP contribution in [0.25, 0.3) is 0 Å². The molecule has 24 heavy (non-hydrogen) atoms. The smallest absolute Gasteiger partial charge is 0.255 e. The number of amides is 1. The third kappa shape index (κ3) is 3.42. The number of hydrogen-bond acceptors (Lipinski definition) is 4. The number of fused-ring (bicyclic) bond motifs is 1. The van der Waals surface area contributed by atoms with Crippen LogP contribution in [0.5, 0.6) is 5.75 Å².